The fourth-order valence-corrected chi connectivity index (χ4v) is 3.63. The van der Waals surface area contributed by atoms with Crippen LogP contribution in [0.3, 0.4) is 0 Å². The second-order valence-electron chi connectivity index (χ2n) is 6.50. The van der Waals surface area contributed by atoms with Crippen molar-refractivity contribution < 1.29 is 4.79 Å². The molecule has 1 N–H and O–H groups in total. The van der Waals surface area contributed by atoms with Crippen LogP contribution in [0.4, 0.5) is 5.69 Å². The van der Waals surface area contributed by atoms with E-state index in [9.17, 15) is 4.79 Å². The van der Waals surface area contributed by atoms with Crippen LogP contribution in [0.15, 0.2) is 30.3 Å². The van der Waals surface area contributed by atoms with Crippen LogP contribution >= 0.6 is 24.8 Å². The van der Waals surface area contributed by atoms with Gasteiger partial charge in [0.05, 0.1) is 0 Å². The van der Waals surface area contributed by atoms with Gasteiger partial charge in [0.2, 0.25) is 5.91 Å². The van der Waals surface area contributed by atoms with Gasteiger partial charge in [-0.15, -0.1) is 24.8 Å². The third kappa shape index (κ3) is 6.25. The Morgan fingerprint density at radius 3 is 2.67 bits per heavy atom. The number of amides is 1. The van der Waals surface area contributed by atoms with Gasteiger partial charge in [0, 0.05) is 37.8 Å². The van der Waals surface area contributed by atoms with Crippen molar-refractivity contribution in [3.63, 3.8) is 0 Å². The van der Waals surface area contributed by atoms with Crippen molar-refractivity contribution in [2.75, 3.05) is 38.0 Å². The summed E-state index contributed by atoms with van der Waals surface area (Å²) in [5.41, 5.74) is 0.892. The zero-order valence-corrected chi connectivity index (χ0v) is 15.8. The topological polar surface area (TPSA) is 35.6 Å². The molecule has 24 heavy (non-hydrogen) atoms. The van der Waals surface area contributed by atoms with E-state index in [1.807, 2.05) is 30.3 Å². The Kier molecular flexibility index (Phi) is 9.67. The van der Waals surface area contributed by atoms with E-state index < -0.39 is 0 Å². The minimum Gasteiger partial charge on any atom is -0.326 e. The number of benzene rings is 1. The molecule has 2 aliphatic heterocycles. The number of piperidine rings is 1. The van der Waals surface area contributed by atoms with Gasteiger partial charge in [0.15, 0.2) is 0 Å². The number of halogens is 2. The average molecular weight is 374 g/mol. The second kappa shape index (κ2) is 10.9. The van der Waals surface area contributed by atoms with E-state index in [0.717, 1.165) is 31.2 Å². The van der Waals surface area contributed by atoms with Crippen molar-refractivity contribution in [2.24, 2.45) is 0 Å². The first-order valence-corrected chi connectivity index (χ1v) is 8.62. The van der Waals surface area contributed by atoms with E-state index in [1.54, 1.807) is 0 Å². The van der Waals surface area contributed by atoms with Gasteiger partial charge in [-0.3, -0.25) is 9.69 Å². The number of piperazine rings is 1. The normalized spacial score (nSPS) is 21.1. The van der Waals surface area contributed by atoms with Gasteiger partial charge >= 0.3 is 0 Å². The molecule has 4 nitrogen and oxygen atoms in total. The number of hydrogen-bond donors (Lipinski definition) is 1. The molecule has 0 saturated carbocycles. The van der Waals surface area contributed by atoms with Crippen LogP contribution in [0.25, 0.3) is 0 Å². The molecule has 2 heterocycles. The number of carbonyl (C=O) groups is 1. The minimum absolute atomic E-state index is 0. The highest BCUT2D eigenvalue weighted by Gasteiger charge is 2.28. The monoisotopic (exact) mass is 373 g/mol. The summed E-state index contributed by atoms with van der Waals surface area (Å²) in [5, 5.41) is 2.96. The molecule has 3 rings (SSSR count). The van der Waals surface area contributed by atoms with Gasteiger partial charge in [-0.05, 0) is 44.5 Å². The number of rotatable bonds is 5. The molecule has 1 aromatic carbocycles. The van der Waals surface area contributed by atoms with Gasteiger partial charge in [-0.25, -0.2) is 0 Å². The molecule has 2 aliphatic rings. The number of fused-ring (bicyclic) bond motifs is 1. The number of para-hydroxylation sites is 1. The Balaban J connectivity index is 0.00000144. The zero-order valence-electron chi connectivity index (χ0n) is 14.2. The van der Waals surface area contributed by atoms with Gasteiger partial charge in [0.1, 0.15) is 0 Å². The first-order valence-electron chi connectivity index (χ1n) is 8.62. The summed E-state index contributed by atoms with van der Waals surface area (Å²) in [7, 11) is 0. The maximum Gasteiger partial charge on any atom is 0.224 e. The molecule has 0 aromatic heterocycles. The highest BCUT2D eigenvalue weighted by Crippen LogP contribution is 2.21. The van der Waals surface area contributed by atoms with Crippen molar-refractivity contribution in [3.8, 4) is 0 Å². The molecule has 1 unspecified atom stereocenters. The highest BCUT2D eigenvalue weighted by atomic mass is 35.5. The SMILES string of the molecule is Cl.Cl.O=C(CCCN1CCN2CCCCC2C1)Nc1ccccc1. The Hall–Kier alpha value is -0.810. The van der Waals surface area contributed by atoms with Crippen LogP contribution in [0, 0.1) is 0 Å². The summed E-state index contributed by atoms with van der Waals surface area (Å²) in [4.78, 5) is 17.1. The van der Waals surface area contributed by atoms with Crippen molar-refractivity contribution in [1.82, 2.24) is 9.80 Å². The van der Waals surface area contributed by atoms with Gasteiger partial charge in [0.25, 0.3) is 0 Å². The predicted molar refractivity (Wildman–Crippen MR) is 104 cm³/mol. The Labute approximate surface area is 157 Å². The average Bonchev–Trinajstić information content (AvgIpc) is 2.55. The van der Waals surface area contributed by atoms with Crippen LogP contribution in [-0.2, 0) is 4.79 Å². The van der Waals surface area contributed by atoms with Crippen LogP contribution in [0.5, 0.6) is 0 Å². The molecule has 1 aromatic rings. The second-order valence-corrected chi connectivity index (χ2v) is 6.50. The maximum atomic E-state index is 11.9. The molecule has 0 bridgehead atoms. The van der Waals surface area contributed by atoms with E-state index in [-0.39, 0.29) is 30.7 Å². The summed E-state index contributed by atoms with van der Waals surface area (Å²) in [6.45, 7) is 5.91. The van der Waals surface area contributed by atoms with Crippen molar-refractivity contribution in [2.45, 2.75) is 38.1 Å². The van der Waals surface area contributed by atoms with E-state index in [2.05, 4.69) is 15.1 Å². The summed E-state index contributed by atoms with van der Waals surface area (Å²) in [6.07, 6.45) is 5.67. The first kappa shape index (κ1) is 21.2. The number of nitrogens with zero attached hydrogens (tertiary/aromatic N) is 2. The molecule has 1 atom stereocenters. The van der Waals surface area contributed by atoms with E-state index in [0.29, 0.717) is 6.42 Å². The largest absolute Gasteiger partial charge is 0.326 e. The Morgan fingerprint density at radius 1 is 1.08 bits per heavy atom. The quantitative estimate of drug-likeness (QED) is 0.858. The fraction of sp³-hybridized carbons (Fsp3) is 0.611. The van der Waals surface area contributed by atoms with E-state index in [1.165, 1.54) is 38.9 Å². The van der Waals surface area contributed by atoms with Crippen LogP contribution in [0.2, 0.25) is 0 Å². The molecular weight excluding hydrogens is 345 g/mol. The number of nitrogens with one attached hydrogen (secondary N) is 1. The van der Waals surface area contributed by atoms with Gasteiger partial charge < -0.3 is 10.2 Å². The standard InChI is InChI=1S/C18H27N3O.2ClH/c22-18(19-16-7-2-1-3-8-16)10-6-11-20-13-14-21-12-5-4-9-17(21)15-20;;/h1-3,7-8,17H,4-6,9-15H2,(H,19,22);2*1H. The molecule has 136 valence electrons. The van der Waals surface area contributed by atoms with E-state index in [4.69, 9.17) is 0 Å². The zero-order chi connectivity index (χ0) is 15.2. The lowest BCUT2D eigenvalue weighted by molar-refractivity contribution is -0.116. The smallest absolute Gasteiger partial charge is 0.224 e. The van der Waals surface area contributed by atoms with Gasteiger partial charge in [-0.2, -0.15) is 0 Å². The summed E-state index contributed by atoms with van der Waals surface area (Å²) >= 11 is 0. The first-order chi connectivity index (χ1) is 10.8. The number of carbonyl (C=O) groups excluding carboxylic acids is 1. The van der Waals surface area contributed by atoms with E-state index >= 15 is 0 Å². The Bertz CT molecular complexity index is 486. The molecular formula is C18H29Cl2N3O. The third-order valence-corrected chi connectivity index (χ3v) is 4.86. The van der Waals surface area contributed by atoms with Crippen LogP contribution in [0.1, 0.15) is 32.1 Å². The lowest BCUT2D eigenvalue weighted by Crippen LogP contribution is -2.54. The summed E-state index contributed by atoms with van der Waals surface area (Å²) in [6, 6.07) is 10.5. The molecule has 0 aliphatic carbocycles. The fourth-order valence-electron chi connectivity index (χ4n) is 3.63. The molecule has 0 radical (unpaired) electrons. The molecule has 2 fully saturated rings. The van der Waals surface area contributed by atoms with Crippen molar-refractivity contribution >= 4 is 36.4 Å². The molecule has 6 heteroatoms. The molecule has 1 amide bonds. The number of anilines is 1. The predicted octanol–water partition coefficient (Wildman–Crippen LogP) is 3.42. The minimum atomic E-state index is 0. The van der Waals surface area contributed by atoms with Crippen LogP contribution < -0.4 is 5.32 Å². The van der Waals surface area contributed by atoms with Crippen LogP contribution in [-0.4, -0.2) is 54.5 Å². The lowest BCUT2D eigenvalue weighted by atomic mass is 9.99. The van der Waals surface area contributed by atoms with Crippen molar-refractivity contribution in [3.05, 3.63) is 30.3 Å². The molecule has 2 saturated heterocycles. The summed E-state index contributed by atoms with van der Waals surface area (Å²) < 4.78 is 0. The Morgan fingerprint density at radius 2 is 1.88 bits per heavy atom. The summed E-state index contributed by atoms with van der Waals surface area (Å²) in [5.74, 6) is 0.127. The van der Waals surface area contributed by atoms with Crippen molar-refractivity contribution in [1.29, 1.82) is 0 Å². The number of hydrogen-bond acceptors (Lipinski definition) is 3. The maximum absolute atomic E-state index is 11.9. The lowest BCUT2D eigenvalue weighted by Gasteiger charge is -2.44. The third-order valence-electron chi connectivity index (χ3n) is 4.86. The van der Waals surface area contributed by atoms with Gasteiger partial charge in [-0.1, -0.05) is 24.6 Å². The molecule has 0 spiro atoms. The highest BCUT2D eigenvalue weighted by molar-refractivity contribution is 5.90.